The van der Waals surface area contributed by atoms with Crippen LogP contribution in [0.2, 0.25) is 0 Å². The number of benzene rings is 3. The van der Waals surface area contributed by atoms with Crippen LogP contribution in [0, 0.1) is 0 Å². The molecule has 4 rings (SSSR count). The number of alkyl halides is 3. The number of nitrogen functional groups attached to an aromatic ring is 1. The van der Waals surface area contributed by atoms with Gasteiger partial charge in [-0.15, -0.1) is 13.2 Å². The number of nitrogens with one attached hydrogen (secondary N) is 3. The summed E-state index contributed by atoms with van der Waals surface area (Å²) >= 11 is 0. The van der Waals surface area contributed by atoms with Crippen molar-refractivity contribution in [3.05, 3.63) is 90.0 Å². The Morgan fingerprint density at radius 2 is 1.67 bits per heavy atom. The minimum atomic E-state index is -4.81. The molecule has 12 heteroatoms. The molecule has 2 atom stereocenters. The van der Waals surface area contributed by atoms with Crippen LogP contribution in [-0.4, -0.2) is 62.0 Å². The van der Waals surface area contributed by atoms with E-state index in [0.717, 1.165) is 30.8 Å². The van der Waals surface area contributed by atoms with Gasteiger partial charge < -0.3 is 31.2 Å². The van der Waals surface area contributed by atoms with E-state index in [2.05, 4.69) is 32.5 Å². The van der Waals surface area contributed by atoms with Crippen LogP contribution in [0.15, 0.2) is 78.9 Å². The minimum Gasteiger partial charge on any atom is -0.406 e. The standard InChI is InChI=1S/C31H34F3N5O4/c1-21(39-16-18-42-19-17-39)20-36-29(30(41)37-24-11-13-25(14-12-24)43-31(32,33)34)23-9-6-22(7-10-23)8-15-28(40)38-27-5-3-2-4-26(27)35/h2-15,21,29,36H,16-20,35H2,1H3,(H,37,41)(H,38,40)/b15-8+. The van der Waals surface area contributed by atoms with Crippen molar-refractivity contribution in [2.24, 2.45) is 0 Å². The second-order valence-corrected chi connectivity index (χ2v) is 9.98. The first-order chi connectivity index (χ1) is 20.6. The van der Waals surface area contributed by atoms with E-state index >= 15 is 0 Å². The molecule has 1 aliphatic rings. The van der Waals surface area contributed by atoms with Crippen molar-refractivity contribution >= 4 is 35.0 Å². The summed E-state index contributed by atoms with van der Waals surface area (Å²) in [6, 6.07) is 18.4. The highest BCUT2D eigenvalue weighted by Gasteiger charge is 2.31. The van der Waals surface area contributed by atoms with Gasteiger partial charge >= 0.3 is 6.36 Å². The Bertz CT molecular complexity index is 1390. The molecule has 1 fully saturated rings. The van der Waals surface area contributed by atoms with Gasteiger partial charge in [-0.25, -0.2) is 0 Å². The molecule has 0 bridgehead atoms. The molecular weight excluding hydrogens is 563 g/mol. The van der Waals surface area contributed by atoms with E-state index in [1.54, 1.807) is 54.6 Å². The van der Waals surface area contributed by atoms with E-state index in [9.17, 15) is 22.8 Å². The first-order valence-corrected chi connectivity index (χ1v) is 13.7. The van der Waals surface area contributed by atoms with Crippen LogP contribution in [0.1, 0.15) is 24.1 Å². The van der Waals surface area contributed by atoms with E-state index in [1.807, 2.05) is 0 Å². The van der Waals surface area contributed by atoms with Crippen molar-refractivity contribution in [1.82, 2.24) is 10.2 Å². The molecule has 0 aliphatic carbocycles. The number of hydrogen-bond donors (Lipinski definition) is 4. The summed E-state index contributed by atoms with van der Waals surface area (Å²) in [6.45, 7) is 5.44. The fourth-order valence-electron chi connectivity index (χ4n) is 4.51. The van der Waals surface area contributed by atoms with Crippen LogP contribution < -0.4 is 26.4 Å². The zero-order chi connectivity index (χ0) is 30.8. The highest BCUT2D eigenvalue weighted by Crippen LogP contribution is 2.25. The first kappa shape index (κ1) is 31.5. The predicted octanol–water partition coefficient (Wildman–Crippen LogP) is 4.81. The lowest BCUT2D eigenvalue weighted by Gasteiger charge is -2.33. The molecule has 3 aromatic rings. The quantitative estimate of drug-likeness (QED) is 0.185. The van der Waals surface area contributed by atoms with Crippen molar-refractivity contribution in [2.45, 2.75) is 25.4 Å². The average Bonchev–Trinajstić information content (AvgIpc) is 2.98. The molecule has 1 aliphatic heterocycles. The Balaban J connectivity index is 1.44. The van der Waals surface area contributed by atoms with Gasteiger partial charge in [-0.05, 0) is 60.5 Å². The van der Waals surface area contributed by atoms with Crippen molar-refractivity contribution in [2.75, 3.05) is 49.2 Å². The number of carbonyl (C=O) groups excluding carboxylic acids is 2. The van der Waals surface area contributed by atoms with Crippen LogP contribution in [0.25, 0.3) is 6.08 Å². The third-order valence-electron chi connectivity index (χ3n) is 6.82. The Labute approximate surface area is 247 Å². The number of morpholine rings is 1. The third-order valence-corrected chi connectivity index (χ3v) is 6.82. The fraction of sp³-hybridized carbons (Fsp3) is 0.290. The normalized spacial score (nSPS) is 15.5. The van der Waals surface area contributed by atoms with Crippen molar-refractivity contribution in [3.8, 4) is 5.75 Å². The van der Waals surface area contributed by atoms with Gasteiger partial charge in [0, 0.05) is 37.4 Å². The number of carbonyl (C=O) groups is 2. The summed E-state index contributed by atoms with van der Waals surface area (Å²) in [7, 11) is 0. The summed E-state index contributed by atoms with van der Waals surface area (Å²) in [6.07, 6.45) is -1.77. The van der Waals surface area contributed by atoms with Gasteiger partial charge in [0.2, 0.25) is 11.8 Å². The van der Waals surface area contributed by atoms with Crippen molar-refractivity contribution in [1.29, 1.82) is 0 Å². The van der Waals surface area contributed by atoms with E-state index in [0.29, 0.717) is 42.4 Å². The number of rotatable bonds is 11. The molecule has 5 N–H and O–H groups in total. The molecule has 1 saturated heterocycles. The summed E-state index contributed by atoms with van der Waals surface area (Å²) in [5, 5.41) is 8.83. The number of nitrogens with two attached hydrogens (primary N) is 1. The molecule has 228 valence electrons. The molecule has 0 spiro atoms. The molecule has 0 aromatic heterocycles. The van der Waals surface area contributed by atoms with Crippen LogP contribution >= 0.6 is 0 Å². The van der Waals surface area contributed by atoms with Gasteiger partial charge in [-0.1, -0.05) is 36.4 Å². The van der Waals surface area contributed by atoms with Gasteiger partial charge in [0.05, 0.1) is 24.6 Å². The van der Waals surface area contributed by atoms with E-state index < -0.39 is 12.4 Å². The Kier molecular flexibility index (Phi) is 10.8. The number of anilines is 3. The van der Waals surface area contributed by atoms with Gasteiger partial charge in [-0.2, -0.15) is 0 Å². The predicted molar refractivity (Wildman–Crippen MR) is 159 cm³/mol. The molecular formula is C31H34F3N5O4. The maximum absolute atomic E-state index is 13.4. The Hall–Kier alpha value is -4.39. The summed E-state index contributed by atoms with van der Waals surface area (Å²) < 4.78 is 46.9. The van der Waals surface area contributed by atoms with Gasteiger partial charge in [0.15, 0.2) is 0 Å². The molecule has 43 heavy (non-hydrogen) atoms. The number of nitrogens with zero attached hydrogens (tertiary/aromatic N) is 1. The molecule has 1 heterocycles. The van der Waals surface area contributed by atoms with Crippen molar-refractivity contribution < 1.29 is 32.2 Å². The Morgan fingerprint density at radius 3 is 2.33 bits per heavy atom. The summed E-state index contributed by atoms with van der Waals surface area (Å²) in [4.78, 5) is 28.0. The molecule has 2 amide bonds. The molecule has 0 saturated carbocycles. The fourth-order valence-corrected chi connectivity index (χ4v) is 4.51. The van der Waals surface area contributed by atoms with E-state index in [4.69, 9.17) is 10.5 Å². The van der Waals surface area contributed by atoms with Crippen LogP contribution in [0.3, 0.4) is 0 Å². The summed E-state index contributed by atoms with van der Waals surface area (Å²) in [5.41, 5.74) is 8.57. The maximum Gasteiger partial charge on any atom is 0.573 e. The highest BCUT2D eigenvalue weighted by atomic mass is 19.4. The number of halogens is 3. The number of amides is 2. The number of ether oxygens (including phenoxy) is 2. The van der Waals surface area contributed by atoms with Crippen LogP contribution in [0.5, 0.6) is 5.75 Å². The van der Waals surface area contributed by atoms with Gasteiger partial charge in [0.25, 0.3) is 0 Å². The highest BCUT2D eigenvalue weighted by molar-refractivity contribution is 6.03. The number of hydrogen-bond acceptors (Lipinski definition) is 7. The number of para-hydroxylation sites is 2. The maximum atomic E-state index is 13.4. The zero-order valence-electron chi connectivity index (χ0n) is 23.6. The Morgan fingerprint density at radius 1 is 1.00 bits per heavy atom. The average molecular weight is 598 g/mol. The smallest absolute Gasteiger partial charge is 0.406 e. The monoisotopic (exact) mass is 597 g/mol. The van der Waals surface area contributed by atoms with E-state index in [-0.39, 0.29) is 23.6 Å². The first-order valence-electron chi connectivity index (χ1n) is 13.7. The third kappa shape index (κ3) is 9.84. The summed E-state index contributed by atoms with van der Waals surface area (Å²) in [5.74, 6) is -1.12. The van der Waals surface area contributed by atoms with Crippen LogP contribution in [0.4, 0.5) is 30.2 Å². The van der Waals surface area contributed by atoms with Crippen LogP contribution in [-0.2, 0) is 14.3 Å². The SMILES string of the molecule is CC(CNC(C(=O)Nc1ccc(OC(F)(F)F)cc1)c1ccc(/C=C/C(=O)Nc2ccccc2N)cc1)N1CCOCC1. The second-order valence-electron chi connectivity index (χ2n) is 9.98. The lowest BCUT2D eigenvalue weighted by Crippen LogP contribution is -2.48. The van der Waals surface area contributed by atoms with Crippen molar-refractivity contribution in [3.63, 3.8) is 0 Å². The topological polar surface area (TPSA) is 118 Å². The molecule has 9 nitrogen and oxygen atoms in total. The molecule has 2 unspecified atom stereocenters. The van der Waals surface area contributed by atoms with Gasteiger partial charge in [0.1, 0.15) is 11.8 Å². The lowest BCUT2D eigenvalue weighted by molar-refractivity contribution is -0.274. The lowest BCUT2D eigenvalue weighted by atomic mass is 10.0. The molecule has 3 aromatic carbocycles. The second kappa shape index (κ2) is 14.7. The minimum absolute atomic E-state index is 0.123. The molecule has 0 radical (unpaired) electrons. The van der Waals surface area contributed by atoms with E-state index in [1.165, 1.54) is 18.2 Å². The van der Waals surface area contributed by atoms with Gasteiger partial charge in [-0.3, -0.25) is 14.5 Å². The zero-order valence-corrected chi connectivity index (χ0v) is 23.6. The largest absolute Gasteiger partial charge is 0.573 e.